The van der Waals surface area contributed by atoms with Gasteiger partial charge in [-0.05, 0) is 30.3 Å². The first-order chi connectivity index (χ1) is 13.3. The molecule has 2 aromatic rings. The second-order valence-electron chi connectivity index (χ2n) is 5.69. The number of ether oxygens (including phenoxy) is 3. The fourth-order valence-electron chi connectivity index (χ4n) is 2.40. The summed E-state index contributed by atoms with van der Waals surface area (Å²) < 4.78 is 39.2. The third-order valence-electron chi connectivity index (χ3n) is 3.71. The van der Waals surface area contributed by atoms with E-state index in [1.807, 2.05) is 0 Å². The lowest BCUT2D eigenvalue weighted by atomic mass is 10.1. The van der Waals surface area contributed by atoms with Crippen molar-refractivity contribution in [3.63, 3.8) is 0 Å². The average molecular weight is 394 g/mol. The molecule has 0 saturated carbocycles. The number of alkyl halides is 2. The third kappa shape index (κ3) is 5.57. The largest absolute Gasteiger partial charge is 0.497 e. The summed E-state index contributed by atoms with van der Waals surface area (Å²) in [5, 5.41) is 2.67. The van der Waals surface area contributed by atoms with Crippen LogP contribution < -0.4 is 19.5 Å². The molecule has 0 atom stereocenters. The third-order valence-corrected chi connectivity index (χ3v) is 3.71. The van der Waals surface area contributed by atoms with Crippen LogP contribution in [0.3, 0.4) is 0 Å². The average Bonchev–Trinajstić information content (AvgIpc) is 2.67. The molecule has 0 radical (unpaired) electrons. The molecule has 0 unspecified atom stereocenters. The Bertz CT molecular complexity index is 845. The molecule has 2 rings (SSSR count). The smallest absolute Gasteiger partial charge is 0.387 e. The Balaban J connectivity index is 2.04. The summed E-state index contributed by atoms with van der Waals surface area (Å²) >= 11 is 0. The number of hydrogen-bond donors (Lipinski definition) is 1. The van der Waals surface area contributed by atoms with E-state index in [0.717, 1.165) is 0 Å². The number of nitrogens with zero attached hydrogens (tertiary/aromatic N) is 1. The molecule has 0 bridgehead atoms. The van der Waals surface area contributed by atoms with Crippen molar-refractivity contribution >= 4 is 17.5 Å². The van der Waals surface area contributed by atoms with Crippen LogP contribution in [0.2, 0.25) is 0 Å². The van der Waals surface area contributed by atoms with Gasteiger partial charge >= 0.3 is 6.61 Å². The van der Waals surface area contributed by atoms with Crippen LogP contribution in [0.5, 0.6) is 17.2 Å². The zero-order valence-corrected chi connectivity index (χ0v) is 15.6. The summed E-state index contributed by atoms with van der Waals surface area (Å²) in [4.78, 5) is 25.9. The molecule has 150 valence electrons. The Kier molecular flexibility index (Phi) is 7.14. The van der Waals surface area contributed by atoms with Gasteiger partial charge in [0.05, 0.1) is 20.8 Å². The van der Waals surface area contributed by atoms with E-state index in [-0.39, 0.29) is 23.6 Å². The van der Waals surface area contributed by atoms with E-state index in [1.165, 1.54) is 44.4 Å². The molecule has 0 aliphatic heterocycles. The minimum atomic E-state index is -3.02. The van der Waals surface area contributed by atoms with Gasteiger partial charge in [0, 0.05) is 24.4 Å². The van der Waals surface area contributed by atoms with Gasteiger partial charge in [0.25, 0.3) is 5.91 Å². The van der Waals surface area contributed by atoms with E-state index < -0.39 is 18.4 Å². The monoisotopic (exact) mass is 394 g/mol. The zero-order chi connectivity index (χ0) is 20.7. The lowest BCUT2D eigenvalue weighted by molar-refractivity contribution is -0.116. The Hall–Kier alpha value is -3.36. The van der Waals surface area contributed by atoms with Crippen molar-refractivity contribution in [3.8, 4) is 17.2 Å². The van der Waals surface area contributed by atoms with Crippen LogP contribution in [0, 0.1) is 0 Å². The van der Waals surface area contributed by atoms with Crippen LogP contribution >= 0.6 is 0 Å². The minimum Gasteiger partial charge on any atom is -0.497 e. The number of halogens is 2. The summed E-state index contributed by atoms with van der Waals surface area (Å²) in [5.41, 5.74) is 0.690. The first-order valence-corrected chi connectivity index (χ1v) is 8.16. The van der Waals surface area contributed by atoms with Gasteiger partial charge in [-0.1, -0.05) is 6.07 Å². The standard InChI is InChI=1S/C19H20F2N2O5/c1-23(11-17(24)22-13-5-4-6-14(10-13)26-2)18(25)12-7-8-15(28-19(20)21)16(9-12)27-3/h4-10,19H,11H2,1-3H3,(H,22,24). The molecule has 28 heavy (non-hydrogen) atoms. The molecule has 0 heterocycles. The SMILES string of the molecule is COc1cccc(NC(=O)CN(C)C(=O)c2ccc(OC(F)F)c(OC)c2)c1. The molecule has 0 aliphatic rings. The van der Waals surface area contributed by atoms with Gasteiger partial charge in [-0.3, -0.25) is 9.59 Å². The first-order valence-electron chi connectivity index (χ1n) is 8.16. The van der Waals surface area contributed by atoms with Gasteiger partial charge in [-0.2, -0.15) is 8.78 Å². The van der Waals surface area contributed by atoms with E-state index in [0.29, 0.717) is 11.4 Å². The van der Waals surface area contributed by atoms with Gasteiger partial charge in [0.15, 0.2) is 11.5 Å². The van der Waals surface area contributed by atoms with Crippen molar-refractivity contribution in [2.45, 2.75) is 6.61 Å². The molecule has 1 N–H and O–H groups in total. The number of likely N-dealkylation sites (N-methyl/N-ethyl adjacent to an activating group) is 1. The Morgan fingerprint density at radius 2 is 1.82 bits per heavy atom. The Labute approximate surface area is 160 Å². The quantitative estimate of drug-likeness (QED) is 0.745. The fraction of sp³-hybridized carbons (Fsp3) is 0.263. The lowest BCUT2D eigenvalue weighted by Crippen LogP contribution is -2.34. The summed E-state index contributed by atoms with van der Waals surface area (Å²) in [6.07, 6.45) is 0. The van der Waals surface area contributed by atoms with Crippen molar-refractivity contribution < 1.29 is 32.6 Å². The highest BCUT2D eigenvalue weighted by Crippen LogP contribution is 2.29. The molecule has 2 aromatic carbocycles. The molecular formula is C19H20F2N2O5. The van der Waals surface area contributed by atoms with Gasteiger partial charge in [-0.15, -0.1) is 0 Å². The normalized spacial score (nSPS) is 10.4. The van der Waals surface area contributed by atoms with E-state index in [1.54, 1.807) is 24.3 Å². The summed E-state index contributed by atoms with van der Waals surface area (Å²) in [6, 6.07) is 10.6. The van der Waals surface area contributed by atoms with E-state index in [2.05, 4.69) is 10.1 Å². The molecule has 0 aromatic heterocycles. The van der Waals surface area contributed by atoms with Crippen molar-refractivity contribution in [1.82, 2.24) is 4.90 Å². The van der Waals surface area contributed by atoms with Crippen LogP contribution in [0.15, 0.2) is 42.5 Å². The molecule has 2 amide bonds. The molecular weight excluding hydrogens is 374 g/mol. The maximum absolute atomic E-state index is 12.5. The number of rotatable bonds is 8. The van der Waals surface area contributed by atoms with Gasteiger partial charge in [0.1, 0.15) is 5.75 Å². The van der Waals surface area contributed by atoms with E-state index >= 15 is 0 Å². The highest BCUT2D eigenvalue weighted by molar-refractivity contribution is 5.99. The number of nitrogens with one attached hydrogen (secondary N) is 1. The summed E-state index contributed by atoms with van der Waals surface area (Å²) in [7, 11) is 4.23. The summed E-state index contributed by atoms with van der Waals surface area (Å²) in [6.45, 7) is -3.23. The number of methoxy groups -OCH3 is 2. The van der Waals surface area contributed by atoms with Crippen LogP contribution in [-0.2, 0) is 4.79 Å². The van der Waals surface area contributed by atoms with Crippen molar-refractivity contribution in [1.29, 1.82) is 0 Å². The zero-order valence-electron chi connectivity index (χ0n) is 15.6. The van der Waals surface area contributed by atoms with Crippen LogP contribution in [-0.4, -0.2) is 51.1 Å². The predicted octanol–water partition coefficient (Wildman–Crippen LogP) is 3.02. The van der Waals surface area contributed by atoms with Crippen molar-refractivity contribution in [2.24, 2.45) is 0 Å². The molecule has 9 heteroatoms. The van der Waals surface area contributed by atoms with Crippen molar-refractivity contribution in [2.75, 3.05) is 33.1 Å². The van der Waals surface area contributed by atoms with E-state index in [4.69, 9.17) is 9.47 Å². The molecule has 0 spiro atoms. The van der Waals surface area contributed by atoms with E-state index in [9.17, 15) is 18.4 Å². The highest BCUT2D eigenvalue weighted by Gasteiger charge is 2.18. The first kappa shape index (κ1) is 20.9. The number of carbonyl (C=O) groups excluding carboxylic acids is 2. The topological polar surface area (TPSA) is 77.1 Å². The van der Waals surface area contributed by atoms with Crippen LogP contribution in [0.25, 0.3) is 0 Å². The predicted molar refractivity (Wildman–Crippen MR) is 98.2 cm³/mol. The number of hydrogen-bond acceptors (Lipinski definition) is 5. The van der Waals surface area contributed by atoms with Crippen LogP contribution in [0.1, 0.15) is 10.4 Å². The number of anilines is 1. The van der Waals surface area contributed by atoms with Crippen molar-refractivity contribution in [3.05, 3.63) is 48.0 Å². The Morgan fingerprint density at radius 3 is 2.46 bits per heavy atom. The molecule has 0 aliphatic carbocycles. The Morgan fingerprint density at radius 1 is 1.07 bits per heavy atom. The highest BCUT2D eigenvalue weighted by atomic mass is 19.3. The number of amides is 2. The molecule has 7 nitrogen and oxygen atoms in total. The van der Waals surface area contributed by atoms with Gasteiger partial charge in [0.2, 0.25) is 5.91 Å². The van der Waals surface area contributed by atoms with Gasteiger partial charge in [-0.25, -0.2) is 0 Å². The minimum absolute atomic E-state index is 0.0135. The van der Waals surface area contributed by atoms with Gasteiger partial charge < -0.3 is 24.4 Å². The fourth-order valence-corrected chi connectivity index (χ4v) is 2.40. The number of benzene rings is 2. The maximum Gasteiger partial charge on any atom is 0.387 e. The molecule has 0 fully saturated rings. The maximum atomic E-state index is 12.5. The lowest BCUT2D eigenvalue weighted by Gasteiger charge is -2.18. The van der Waals surface area contributed by atoms with Crippen LogP contribution in [0.4, 0.5) is 14.5 Å². The number of carbonyl (C=O) groups is 2. The second-order valence-corrected chi connectivity index (χ2v) is 5.69. The summed E-state index contributed by atoms with van der Waals surface area (Å²) in [5.74, 6) is -0.510. The molecule has 0 saturated heterocycles. The second kappa shape index (κ2) is 9.54.